The van der Waals surface area contributed by atoms with Gasteiger partial charge in [0.2, 0.25) is 0 Å². The molecule has 0 bridgehead atoms. The van der Waals surface area contributed by atoms with Crippen molar-refractivity contribution in [3.63, 3.8) is 0 Å². The van der Waals surface area contributed by atoms with Gasteiger partial charge in [0.25, 0.3) is 5.56 Å². The van der Waals surface area contributed by atoms with Gasteiger partial charge in [0, 0.05) is 11.9 Å². The first-order valence-corrected chi connectivity index (χ1v) is 7.78. The van der Waals surface area contributed by atoms with E-state index in [0.29, 0.717) is 18.8 Å². The lowest BCUT2D eigenvalue weighted by Gasteiger charge is -2.09. The fourth-order valence-electron chi connectivity index (χ4n) is 1.73. The Labute approximate surface area is 126 Å². The Balaban J connectivity index is 2.09. The number of unbranched alkanes of at least 4 members (excludes halogenated alkanes) is 1. The Kier molecular flexibility index (Phi) is 5.14. The molecule has 0 fully saturated rings. The van der Waals surface area contributed by atoms with Crippen LogP contribution in [0.4, 0.5) is 5.69 Å². The lowest BCUT2D eigenvalue weighted by atomic mass is 10.3. The highest BCUT2D eigenvalue weighted by molar-refractivity contribution is 7.09. The first-order chi connectivity index (χ1) is 9.61. The molecule has 0 aliphatic heterocycles. The largest absolute Gasteiger partial charge is 0.377 e. The number of nitrogens with zero attached hydrogens (tertiary/aromatic N) is 3. The van der Waals surface area contributed by atoms with Crippen LogP contribution in [0.25, 0.3) is 0 Å². The number of aryl methyl sites for hydroxylation is 2. The molecule has 108 valence electrons. The first-order valence-electron chi connectivity index (χ1n) is 6.52. The molecule has 0 aliphatic carbocycles. The molecule has 2 aromatic heterocycles. The van der Waals surface area contributed by atoms with E-state index in [9.17, 15) is 4.79 Å². The van der Waals surface area contributed by atoms with E-state index in [1.165, 1.54) is 4.68 Å². The predicted octanol–water partition coefficient (Wildman–Crippen LogP) is 3.07. The van der Waals surface area contributed by atoms with Gasteiger partial charge in [0.15, 0.2) is 0 Å². The van der Waals surface area contributed by atoms with E-state index >= 15 is 0 Å². The summed E-state index contributed by atoms with van der Waals surface area (Å²) >= 11 is 7.69. The Morgan fingerprint density at radius 2 is 2.30 bits per heavy atom. The predicted molar refractivity (Wildman–Crippen MR) is 82.6 cm³/mol. The molecule has 1 N–H and O–H groups in total. The topological polar surface area (TPSA) is 59.8 Å². The van der Waals surface area contributed by atoms with Gasteiger partial charge in [-0.3, -0.25) is 4.79 Å². The highest BCUT2D eigenvalue weighted by atomic mass is 35.5. The minimum Gasteiger partial charge on any atom is -0.377 e. The molecule has 0 radical (unpaired) electrons. The van der Waals surface area contributed by atoms with Crippen molar-refractivity contribution in [3.8, 4) is 0 Å². The normalized spacial score (nSPS) is 10.8. The van der Waals surface area contributed by atoms with E-state index in [1.54, 1.807) is 17.5 Å². The molecule has 2 aromatic rings. The van der Waals surface area contributed by atoms with Gasteiger partial charge >= 0.3 is 0 Å². The molecule has 2 heterocycles. The maximum Gasteiger partial charge on any atom is 0.287 e. The fraction of sp³-hybridized carbons (Fsp3) is 0.462. The van der Waals surface area contributed by atoms with Crippen LogP contribution in [0.1, 0.15) is 30.5 Å². The molecule has 2 rings (SSSR count). The monoisotopic (exact) mass is 312 g/mol. The van der Waals surface area contributed by atoms with Gasteiger partial charge in [-0.2, -0.15) is 5.10 Å². The summed E-state index contributed by atoms with van der Waals surface area (Å²) in [5.74, 6) is 0. The maximum absolute atomic E-state index is 12.0. The lowest BCUT2D eigenvalue weighted by molar-refractivity contribution is 0.543. The molecule has 0 spiro atoms. The molecular weight excluding hydrogens is 296 g/mol. The van der Waals surface area contributed by atoms with Gasteiger partial charge in [-0.05, 0) is 13.3 Å². The molecule has 0 saturated heterocycles. The van der Waals surface area contributed by atoms with Crippen LogP contribution in [0.5, 0.6) is 0 Å². The zero-order chi connectivity index (χ0) is 14.5. The Morgan fingerprint density at radius 1 is 1.50 bits per heavy atom. The summed E-state index contributed by atoms with van der Waals surface area (Å²) in [5.41, 5.74) is 1.23. The number of nitrogens with one attached hydrogen (secondary N) is 1. The third-order valence-electron chi connectivity index (χ3n) is 2.83. The average Bonchev–Trinajstić information content (AvgIpc) is 2.85. The highest BCUT2D eigenvalue weighted by Gasteiger charge is 2.09. The van der Waals surface area contributed by atoms with Gasteiger partial charge in [-0.1, -0.05) is 24.9 Å². The molecule has 5 nitrogen and oxygen atoms in total. The summed E-state index contributed by atoms with van der Waals surface area (Å²) in [4.78, 5) is 16.4. The van der Waals surface area contributed by atoms with Crippen LogP contribution in [0, 0.1) is 6.92 Å². The smallest absolute Gasteiger partial charge is 0.287 e. The van der Waals surface area contributed by atoms with Crippen LogP contribution >= 0.6 is 22.9 Å². The number of rotatable bonds is 6. The molecule has 20 heavy (non-hydrogen) atoms. The average molecular weight is 313 g/mol. The standard InChI is InChI=1S/C13H17ClN4OS/c1-3-4-5-18-13(19)12(14)11(7-16-18)15-6-10-8-20-9(2)17-10/h7-8,15H,3-6H2,1-2H3. The summed E-state index contributed by atoms with van der Waals surface area (Å²) < 4.78 is 1.41. The summed E-state index contributed by atoms with van der Waals surface area (Å²) in [7, 11) is 0. The van der Waals surface area contributed by atoms with Crippen molar-refractivity contribution in [2.75, 3.05) is 5.32 Å². The van der Waals surface area contributed by atoms with E-state index in [1.807, 2.05) is 12.3 Å². The second kappa shape index (κ2) is 6.85. The van der Waals surface area contributed by atoms with Crippen LogP contribution in [0.15, 0.2) is 16.4 Å². The van der Waals surface area contributed by atoms with Crippen LogP contribution in [0.3, 0.4) is 0 Å². The van der Waals surface area contributed by atoms with Crippen molar-refractivity contribution in [2.24, 2.45) is 0 Å². The van der Waals surface area contributed by atoms with Crippen molar-refractivity contribution >= 4 is 28.6 Å². The van der Waals surface area contributed by atoms with E-state index in [4.69, 9.17) is 11.6 Å². The number of thiazole rings is 1. The number of hydrogen-bond donors (Lipinski definition) is 1. The first kappa shape index (κ1) is 15.0. The van der Waals surface area contributed by atoms with Gasteiger partial charge in [-0.15, -0.1) is 11.3 Å². The Hall–Kier alpha value is -1.40. The van der Waals surface area contributed by atoms with Crippen molar-refractivity contribution in [1.82, 2.24) is 14.8 Å². The van der Waals surface area contributed by atoms with Gasteiger partial charge in [0.1, 0.15) is 5.02 Å². The molecule has 0 unspecified atom stereocenters. The molecule has 0 aliphatic rings. The summed E-state index contributed by atoms with van der Waals surface area (Å²) in [6.45, 7) is 5.15. The van der Waals surface area contributed by atoms with Gasteiger partial charge in [0.05, 0.1) is 29.1 Å². The second-order valence-corrected chi connectivity index (χ2v) is 5.91. The summed E-state index contributed by atoms with van der Waals surface area (Å²) in [6, 6.07) is 0. The van der Waals surface area contributed by atoms with Gasteiger partial charge < -0.3 is 5.32 Å². The molecule has 0 saturated carbocycles. The zero-order valence-corrected chi connectivity index (χ0v) is 13.1. The van der Waals surface area contributed by atoms with Crippen LogP contribution in [-0.4, -0.2) is 14.8 Å². The molecular formula is C13H17ClN4OS. The van der Waals surface area contributed by atoms with E-state index in [0.717, 1.165) is 23.5 Å². The van der Waals surface area contributed by atoms with Crippen molar-refractivity contribution in [3.05, 3.63) is 37.7 Å². The molecule has 0 aromatic carbocycles. The summed E-state index contributed by atoms with van der Waals surface area (Å²) in [6.07, 6.45) is 3.52. The number of hydrogen-bond acceptors (Lipinski definition) is 5. The van der Waals surface area contributed by atoms with Crippen LogP contribution in [-0.2, 0) is 13.1 Å². The second-order valence-electron chi connectivity index (χ2n) is 4.47. The third-order valence-corrected chi connectivity index (χ3v) is 4.02. The SMILES string of the molecule is CCCCn1ncc(NCc2csc(C)n2)c(Cl)c1=O. The molecule has 0 amide bonds. The third kappa shape index (κ3) is 3.58. The Morgan fingerprint density at radius 3 is 2.95 bits per heavy atom. The van der Waals surface area contributed by atoms with E-state index in [2.05, 4.69) is 22.3 Å². The zero-order valence-electron chi connectivity index (χ0n) is 11.5. The highest BCUT2D eigenvalue weighted by Crippen LogP contribution is 2.17. The fourth-order valence-corrected chi connectivity index (χ4v) is 2.56. The van der Waals surface area contributed by atoms with E-state index in [-0.39, 0.29) is 10.6 Å². The quantitative estimate of drug-likeness (QED) is 0.890. The summed E-state index contributed by atoms with van der Waals surface area (Å²) in [5, 5.41) is 10.4. The minimum atomic E-state index is -0.250. The number of aromatic nitrogens is 3. The van der Waals surface area contributed by atoms with Gasteiger partial charge in [-0.25, -0.2) is 9.67 Å². The lowest BCUT2D eigenvalue weighted by Crippen LogP contribution is -2.24. The number of halogens is 1. The van der Waals surface area contributed by atoms with Crippen molar-refractivity contribution in [1.29, 1.82) is 0 Å². The van der Waals surface area contributed by atoms with Crippen LogP contribution < -0.4 is 10.9 Å². The van der Waals surface area contributed by atoms with E-state index < -0.39 is 0 Å². The molecule has 7 heteroatoms. The number of anilines is 1. The van der Waals surface area contributed by atoms with Crippen LogP contribution in [0.2, 0.25) is 5.02 Å². The van der Waals surface area contributed by atoms with Crippen molar-refractivity contribution < 1.29 is 0 Å². The Bertz CT molecular complexity index is 638. The van der Waals surface area contributed by atoms with Crippen molar-refractivity contribution in [2.45, 2.75) is 39.8 Å². The molecule has 0 atom stereocenters. The minimum absolute atomic E-state index is 0.183. The maximum atomic E-state index is 12.0.